The Labute approximate surface area is 141 Å². The number of phenols is 1. The van der Waals surface area contributed by atoms with E-state index in [9.17, 15) is 14.7 Å². The molecule has 0 saturated heterocycles. The number of phenolic OH excluding ortho intramolecular Hbond substituents is 1. The highest BCUT2D eigenvalue weighted by Gasteiger charge is 2.03. The lowest BCUT2D eigenvalue weighted by atomic mass is 10.0. The number of aryl methyl sites for hydroxylation is 1. The molecule has 0 heterocycles. The standard InChI is InChI=1S/C14H22O.C6H10O2/c1-2-3-4-5-6-7-10-13-11-8-9-12-14(13)15;1-3-4-6(8)5(2)7/h8-9,11-12,15H,2-7,10H2,1H3;3-4H2,1-2H3. The number of hydrogen-bond acceptors (Lipinski definition) is 3. The van der Waals surface area contributed by atoms with Crippen LogP contribution in [0.5, 0.6) is 5.75 Å². The van der Waals surface area contributed by atoms with E-state index < -0.39 is 0 Å². The average molecular weight is 320 g/mol. The van der Waals surface area contributed by atoms with Crippen molar-refractivity contribution in [3.8, 4) is 5.75 Å². The third kappa shape index (κ3) is 11.6. The summed E-state index contributed by atoms with van der Waals surface area (Å²) < 4.78 is 0. The van der Waals surface area contributed by atoms with E-state index in [1.807, 2.05) is 25.1 Å². The molecule has 1 N–H and O–H groups in total. The van der Waals surface area contributed by atoms with E-state index in [2.05, 4.69) is 6.92 Å². The second-order valence-corrected chi connectivity index (χ2v) is 5.88. The Morgan fingerprint density at radius 1 is 0.913 bits per heavy atom. The lowest BCUT2D eigenvalue weighted by molar-refractivity contribution is -0.135. The molecule has 130 valence electrons. The molecule has 1 aromatic carbocycles. The second kappa shape index (κ2) is 14.0. The normalized spacial score (nSPS) is 9.87. The predicted molar refractivity (Wildman–Crippen MR) is 95.8 cm³/mol. The second-order valence-electron chi connectivity index (χ2n) is 5.88. The summed E-state index contributed by atoms with van der Waals surface area (Å²) >= 11 is 0. The third-order valence-electron chi connectivity index (χ3n) is 3.66. The molecule has 3 heteroatoms. The van der Waals surface area contributed by atoms with Gasteiger partial charge in [-0.3, -0.25) is 9.59 Å². The summed E-state index contributed by atoms with van der Waals surface area (Å²) in [7, 11) is 0. The third-order valence-corrected chi connectivity index (χ3v) is 3.66. The lowest BCUT2D eigenvalue weighted by Crippen LogP contribution is -2.07. The van der Waals surface area contributed by atoms with Crippen molar-refractivity contribution in [3.05, 3.63) is 29.8 Å². The zero-order valence-corrected chi connectivity index (χ0v) is 14.9. The number of rotatable bonds is 10. The van der Waals surface area contributed by atoms with Gasteiger partial charge in [-0.1, -0.05) is 64.2 Å². The Balaban J connectivity index is 0.000000515. The van der Waals surface area contributed by atoms with Gasteiger partial charge in [0.1, 0.15) is 5.75 Å². The van der Waals surface area contributed by atoms with Crippen LogP contribution in [0.3, 0.4) is 0 Å². The molecule has 0 atom stereocenters. The van der Waals surface area contributed by atoms with E-state index in [1.165, 1.54) is 45.4 Å². The van der Waals surface area contributed by atoms with Gasteiger partial charge in [0.2, 0.25) is 0 Å². The van der Waals surface area contributed by atoms with E-state index in [-0.39, 0.29) is 11.6 Å². The van der Waals surface area contributed by atoms with Gasteiger partial charge in [-0.25, -0.2) is 0 Å². The molecule has 1 aromatic rings. The number of Topliss-reactive ketones (excluding diaryl/α,β-unsaturated/α-hetero) is 2. The quantitative estimate of drug-likeness (QED) is 0.474. The van der Waals surface area contributed by atoms with Gasteiger partial charge in [-0.15, -0.1) is 0 Å². The highest BCUT2D eigenvalue weighted by atomic mass is 16.3. The number of unbranched alkanes of at least 4 members (excludes halogenated alkanes) is 5. The molecule has 0 aliphatic rings. The first kappa shape index (κ1) is 21.4. The molecule has 0 spiro atoms. The van der Waals surface area contributed by atoms with E-state index in [0.717, 1.165) is 18.4 Å². The Morgan fingerprint density at radius 3 is 2.04 bits per heavy atom. The van der Waals surface area contributed by atoms with Gasteiger partial charge in [-0.2, -0.15) is 0 Å². The van der Waals surface area contributed by atoms with Gasteiger partial charge >= 0.3 is 0 Å². The summed E-state index contributed by atoms with van der Waals surface area (Å²) in [5, 5.41) is 9.55. The van der Waals surface area contributed by atoms with Gasteiger partial charge < -0.3 is 5.11 Å². The number of hydrogen-bond donors (Lipinski definition) is 1. The number of aromatic hydroxyl groups is 1. The molecule has 0 unspecified atom stereocenters. The predicted octanol–water partition coefficient (Wildman–Crippen LogP) is 5.24. The van der Waals surface area contributed by atoms with Crippen molar-refractivity contribution in [2.75, 3.05) is 0 Å². The molecule has 23 heavy (non-hydrogen) atoms. The largest absolute Gasteiger partial charge is 0.508 e. The van der Waals surface area contributed by atoms with Gasteiger partial charge in [0.25, 0.3) is 0 Å². The summed E-state index contributed by atoms with van der Waals surface area (Å²) in [4.78, 5) is 20.6. The molecule has 0 aromatic heterocycles. The maximum Gasteiger partial charge on any atom is 0.198 e. The van der Waals surface area contributed by atoms with Crippen molar-refractivity contribution in [2.24, 2.45) is 0 Å². The summed E-state index contributed by atoms with van der Waals surface area (Å²) in [6, 6.07) is 7.65. The zero-order valence-electron chi connectivity index (χ0n) is 14.9. The van der Waals surface area contributed by atoms with Crippen molar-refractivity contribution in [2.45, 2.75) is 78.6 Å². The smallest absolute Gasteiger partial charge is 0.198 e. The number of ketones is 2. The van der Waals surface area contributed by atoms with Crippen molar-refractivity contribution < 1.29 is 14.7 Å². The Hall–Kier alpha value is -1.64. The van der Waals surface area contributed by atoms with Crippen LogP contribution in [0.2, 0.25) is 0 Å². The van der Waals surface area contributed by atoms with Crippen LogP contribution in [0.15, 0.2) is 24.3 Å². The van der Waals surface area contributed by atoms with E-state index >= 15 is 0 Å². The van der Waals surface area contributed by atoms with E-state index in [0.29, 0.717) is 12.2 Å². The fourth-order valence-corrected chi connectivity index (χ4v) is 2.22. The Bertz CT molecular complexity index is 452. The molecule has 0 aliphatic carbocycles. The lowest BCUT2D eigenvalue weighted by Gasteiger charge is -2.03. The average Bonchev–Trinajstić information content (AvgIpc) is 2.53. The van der Waals surface area contributed by atoms with Crippen LogP contribution in [-0.2, 0) is 16.0 Å². The van der Waals surface area contributed by atoms with Crippen molar-refractivity contribution in [1.82, 2.24) is 0 Å². The number of para-hydroxylation sites is 1. The van der Waals surface area contributed by atoms with Crippen LogP contribution >= 0.6 is 0 Å². The number of carbonyl (C=O) groups is 2. The molecule has 0 aliphatic heterocycles. The van der Waals surface area contributed by atoms with Crippen LogP contribution in [0.1, 0.15) is 77.7 Å². The number of carbonyl (C=O) groups excluding carboxylic acids is 2. The first-order valence-electron chi connectivity index (χ1n) is 8.83. The molecule has 1 rings (SSSR count). The Kier molecular flexibility index (Phi) is 13.0. The van der Waals surface area contributed by atoms with Gasteiger partial charge in [-0.05, 0) is 30.9 Å². The van der Waals surface area contributed by atoms with Gasteiger partial charge in [0, 0.05) is 13.3 Å². The zero-order chi connectivity index (χ0) is 17.5. The minimum Gasteiger partial charge on any atom is -0.508 e. The monoisotopic (exact) mass is 320 g/mol. The minimum absolute atomic E-state index is 0.257. The maximum absolute atomic E-state index is 10.4. The first-order valence-corrected chi connectivity index (χ1v) is 8.83. The van der Waals surface area contributed by atoms with Crippen LogP contribution < -0.4 is 0 Å². The molecule has 3 nitrogen and oxygen atoms in total. The van der Waals surface area contributed by atoms with E-state index in [1.54, 1.807) is 6.07 Å². The molecule has 0 amide bonds. The first-order chi connectivity index (χ1) is 11.0. The van der Waals surface area contributed by atoms with Crippen LogP contribution in [0.4, 0.5) is 0 Å². The summed E-state index contributed by atoms with van der Waals surface area (Å²) in [5.74, 6) is -0.134. The summed E-state index contributed by atoms with van der Waals surface area (Å²) in [6.07, 6.45) is 10.0. The van der Waals surface area contributed by atoms with Crippen molar-refractivity contribution in [3.63, 3.8) is 0 Å². The molecule has 0 bridgehead atoms. The summed E-state index contributed by atoms with van der Waals surface area (Å²) in [5.41, 5.74) is 1.09. The molecule has 0 radical (unpaired) electrons. The van der Waals surface area contributed by atoms with Crippen molar-refractivity contribution in [1.29, 1.82) is 0 Å². The highest BCUT2D eigenvalue weighted by molar-refractivity contribution is 6.36. The minimum atomic E-state index is -0.327. The fraction of sp³-hybridized carbons (Fsp3) is 0.600. The highest BCUT2D eigenvalue weighted by Crippen LogP contribution is 2.18. The van der Waals surface area contributed by atoms with Gasteiger partial charge in [0.05, 0.1) is 0 Å². The van der Waals surface area contributed by atoms with Crippen molar-refractivity contribution >= 4 is 11.6 Å². The molecular formula is C20H32O3. The topological polar surface area (TPSA) is 54.4 Å². The fourth-order valence-electron chi connectivity index (χ4n) is 2.22. The summed E-state index contributed by atoms with van der Waals surface area (Å²) in [6.45, 7) is 5.42. The number of benzene rings is 1. The van der Waals surface area contributed by atoms with Gasteiger partial charge in [0.15, 0.2) is 11.6 Å². The van der Waals surface area contributed by atoms with Crippen LogP contribution in [0, 0.1) is 0 Å². The van der Waals surface area contributed by atoms with E-state index in [4.69, 9.17) is 0 Å². The molecule has 0 saturated carbocycles. The van der Waals surface area contributed by atoms with Crippen LogP contribution in [-0.4, -0.2) is 16.7 Å². The van der Waals surface area contributed by atoms with Crippen LogP contribution in [0.25, 0.3) is 0 Å². The Morgan fingerprint density at radius 2 is 1.52 bits per heavy atom. The molecular weight excluding hydrogens is 288 g/mol. The molecule has 0 fully saturated rings. The SMILES string of the molecule is CCCC(=O)C(C)=O.CCCCCCCCc1ccccc1O. The maximum atomic E-state index is 10.4.